The van der Waals surface area contributed by atoms with Crippen LogP contribution in [0.2, 0.25) is 0 Å². The van der Waals surface area contributed by atoms with Crippen molar-refractivity contribution >= 4 is 0 Å². The molecule has 0 N–H and O–H groups in total. The predicted molar refractivity (Wildman–Crippen MR) is 44.3 cm³/mol. The molecule has 1 rings (SSSR count). The lowest BCUT2D eigenvalue weighted by atomic mass is 10.2. The van der Waals surface area contributed by atoms with E-state index in [-0.39, 0.29) is 12.4 Å². The van der Waals surface area contributed by atoms with Crippen molar-refractivity contribution < 1.29 is 9.47 Å². The Hall–Kier alpha value is -0.340. The summed E-state index contributed by atoms with van der Waals surface area (Å²) in [7, 11) is 0. The molecule has 0 bridgehead atoms. The average Bonchev–Trinajstić information content (AvgIpc) is 2.36. The standard InChI is InChI=1S/C9H16O2/c1-4-5-7(2)9-10-6-8(3)11-9/h5,8-9H,4,6H2,1-3H3/b7-5+/t8-,9+/m0/s1. The van der Waals surface area contributed by atoms with E-state index in [2.05, 4.69) is 13.0 Å². The Bertz CT molecular complexity index is 152. The fraction of sp³-hybridized carbons (Fsp3) is 0.778. The zero-order chi connectivity index (χ0) is 8.27. The molecule has 1 heterocycles. The summed E-state index contributed by atoms with van der Waals surface area (Å²) < 4.78 is 10.9. The molecule has 1 aliphatic rings. The normalized spacial score (nSPS) is 32.8. The van der Waals surface area contributed by atoms with E-state index in [4.69, 9.17) is 9.47 Å². The highest BCUT2D eigenvalue weighted by Gasteiger charge is 2.22. The summed E-state index contributed by atoms with van der Waals surface area (Å²) in [6.07, 6.45) is 3.36. The van der Waals surface area contributed by atoms with E-state index in [1.54, 1.807) is 0 Å². The Morgan fingerprint density at radius 3 is 2.82 bits per heavy atom. The van der Waals surface area contributed by atoms with Crippen molar-refractivity contribution in [3.8, 4) is 0 Å². The van der Waals surface area contributed by atoms with Gasteiger partial charge >= 0.3 is 0 Å². The highest BCUT2D eigenvalue weighted by Crippen LogP contribution is 2.17. The van der Waals surface area contributed by atoms with Crippen molar-refractivity contribution in [2.24, 2.45) is 0 Å². The molecule has 64 valence electrons. The first-order chi connectivity index (χ1) is 5.24. The third-order valence-corrected chi connectivity index (χ3v) is 1.74. The van der Waals surface area contributed by atoms with Gasteiger partial charge in [-0.25, -0.2) is 0 Å². The number of hydrogen-bond donors (Lipinski definition) is 0. The molecule has 0 aromatic carbocycles. The minimum Gasteiger partial charge on any atom is -0.346 e. The number of ether oxygens (including phenoxy) is 2. The van der Waals surface area contributed by atoms with Crippen LogP contribution in [0.15, 0.2) is 11.6 Å². The second-order valence-corrected chi connectivity index (χ2v) is 2.97. The topological polar surface area (TPSA) is 18.5 Å². The number of hydrogen-bond acceptors (Lipinski definition) is 2. The van der Waals surface area contributed by atoms with Crippen molar-refractivity contribution in [2.75, 3.05) is 6.61 Å². The van der Waals surface area contributed by atoms with Crippen molar-refractivity contribution in [3.63, 3.8) is 0 Å². The Morgan fingerprint density at radius 2 is 2.36 bits per heavy atom. The second kappa shape index (κ2) is 3.88. The first kappa shape index (κ1) is 8.75. The molecule has 1 fully saturated rings. The molecule has 2 heteroatoms. The number of rotatable bonds is 2. The summed E-state index contributed by atoms with van der Waals surface area (Å²) in [5.41, 5.74) is 1.19. The minimum atomic E-state index is -0.0788. The fourth-order valence-electron chi connectivity index (χ4n) is 1.17. The lowest BCUT2D eigenvalue weighted by Crippen LogP contribution is -2.10. The fourth-order valence-corrected chi connectivity index (χ4v) is 1.17. The molecular weight excluding hydrogens is 140 g/mol. The van der Waals surface area contributed by atoms with E-state index in [9.17, 15) is 0 Å². The molecular formula is C9H16O2. The van der Waals surface area contributed by atoms with Crippen LogP contribution >= 0.6 is 0 Å². The molecule has 0 amide bonds. The lowest BCUT2D eigenvalue weighted by molar-refractivity contribution is -0.0252. The summed E-state index contributed by atoms with van der Waals surface area (Å²) >= 11 is 0. The van der Waals surface area contributed by atoms with Gasteiger partial charge in [0.15, 0.2) is 6.29 Å². The molecule has 0 spiro atoms. The molecule has 0 radical (unpaired) electrons. The van der Waals surface area contributed by atoms with Crippen LogP contribution in [-0.2, 0) is 9.47 Å². The van der Waals surface area contributed by atoms with Crippen LogP contribution in [-0.4, -0.2) is 19.0 Å². The summed E-state index contributed by atoms with van der Waals surface area (Å²) in [6.45, 7) is 6.91. The van der Waals surface area contributed by atoms with E-state index in [1.807, 2.05) is 13.8 Å². The smallest absolute Gasteiger partial charge is 0.180 e. The Labute approximate surface area is 68.2 Å². The van der Waals surface area contributed by atoms with Crippen LogP contribution in [0.5, 0.6) is 0 Å². The minimum absolute atomic E-state index is 0.0788. The third kappa shape index (κ3) is 2.31. The van der Waals surface area contributed by atoms with Crippen molar-refractivity contribution in [1.82, 2.24) is 0 Å². The van der Waals surface area contributed by atoms with Gasteiger partial charge < -0.3 is 9.47 Å². The van der Waals surface area contributed by atoms with Crippen LogP contribution in [0.4, 0.5) is 0 Å². The van der Waals surface area contributed by atoms with E-state index < -0.39 is 0 Å². The van der Waals surface area contributed by atoms with Crippen molar-refractivity contribution in [3.05, 3.63) is 11.6 Å². The molecule has 0 aromatic rings. The van der Waals surface area contributed by atoms with Gasteiger partial charge in [-0.2, -0.15) is 0 Å². The van der Waals surface area contributed by atoms with Gasteiger partial charge in [-0.3, -0.25) is 0 Å². The largest absolute Gasteiger partial charge is 0.346 e. The summed E-state index contributed by atoms with van der Waals surface area (Å²) in [4.78, 5) is 0. The SMILES string of the molecule is CC/C=C(\C)[C@@H]1OC[C@H](C)O1. The first-order valence-electron chi connectivity index (χ1n) is 4.17. The van der Waals surface area contributed by atoms with Gasteiger partial charge in [0, 0.05) is 0 Å². The maximum absolute atomic E-state index is 5.49. The lowest BCUT2D eigenvalue weighted by Gasteiger charge is -2.09. The van der Waals surface area contributed by atoms with Gasteiger partial charge in [-0.05, 0) is 25.8 Å². The van der Waals surface area contributed by atoms with E-state index in [0.717, 1.165) is 13.0 Å². The Kier molecular flexibility index (Phi) is 3.09. The van der Waals surface area contributed by atoms with Crippen LogP contribution in [0, 0.1) is 0 Å². The Morgan fingerprint density at radius 1 is 1.64 bits per heavy atom. The van der Waals surface area contributed by atoms with Crippen molar-refractivity contribution in [2.45, 2.75) is 39.6 Å². The van der Waals surface area contributed by atoms with Crippen LogP contribution in [0.1, 0.15) is 27.2 Å². The molecule has 11 heavy (non-hydrogen) atoms. The molecule has 1 aliphatic heterocycles. The quantitative estimate of drug-likeness (QED) is 0.570. The third-order valence-electron chi connectivity index (χ3n) is 1.74. The van der Waals surface area contributed by atoms with Crippen LogP contribution in [0.3, 0.4) is 0 Å². The average molecular weight is 156 g/mol. The van der Waals surface area contributed by atoms with Gasteiger partial charge in [-0.15, -0.1) is 0 Å². The first-order valence-corrected chi connectivity index (χ1v) is 4.17. The molecule has 2 nitrogen and oxygen atoms in total. The van der Waals surface area contributed by atoms with Crippen LogP contribution in [0.25, 0.3) is 0 Å². The predicted octanol–water partition coefficient (Wildman–Crippen LogP) is 2.10. The molecule has 2 atom stereocenters. The van der Waals surface area contributed by atoms with Crippen molar-refractivity contribution in [1.29, 1.82) is 0 Å². The summed E-state index contributed by atoms with van der Waals surface area (Å²) in [5, 5.41) is 0. The van der Waals surface area contributed by atoms with Gasteiger partial charge in [0.2, 0.25) is 0 Å². The van der Waals surface area contributed by atoms with E-state index in [0.29, 0.717) is 0 Å². The van der Waals surface area contributed by atoms with E-state index >= 15 is 0 Å². The zero-order valence-corrected chi connectivity index (χ0v) is 7.46. The second-order valence-electron chi connectivity index (χ2n) is 2.97. The van der Waals surface area contributed by atoms with Gasteiger partial charge in [-0.1, -0.05) is 13.0 Å². The maximum atomic E-state index is 5.49. The monoisotopic (exact) mass is 156 g/mol. The van der Waals surface area contributed by atoms with Gasteiger partial charge in [0.25, 0.3) is 0 Å². The van der Waals surface area contributed by atoms with Crippen LogP contribution < -0.4 is 0 Å². The van der Waals surface area contributed by atoms with Gasteiger partial charge in [0.05, 0.1) is 12.7 Å². The zero-order valence-electron chi connectivity index (χ0n) is 7.46. The molecule has 0 unspecified atom stereocenters. The van der Waals surface area contributed by atoms with E-state index in [1.165, 1.54) is 5.57 Å². The maximum Gasteiger partial charge on any atom is 0.180 e. The molecule has 0 aromatic heterocycles. The summed E-state index contributed by atoms with van der Waals surface area (Å²) in [5.74, 6) is 0. The Balaban J connectivity index is 2.43. The summed E-state index contributed by atoms with van der Waals surface area (Å²) in [6, 6.07) is 0. The van der Waals surface area contributed by atoms with Gasteiger partial charge in [0.1, 0.15) is 0 Å². The highest BCUT2D eigenvalue weighted by molar-refractivity contribution is 5.02. The molecule has 0 aliphatic carbocycles. The number of allylic oxidation sites excluding steroid dienone is 1. The molecule has 1 saturated heterocycles. The highest BCUT2D eigenvalue weighted by atomic mass is 16.7. The molecule has 0 saturated carbocycles.